The summed E-state index contributed by atoms with van der Waals surface area (Å²) in [5, 5.41) is -0.631. The van der Waals surface area contributed by atoms with E-state index >= 15 is 0 Å². The smallest absolute Gasteiger partial charge is 0.319 e. The van der Waals surface area contributed by atoms with E-state index in [1.807, 2.05) is 6.92 Å². The second kappa shape index (κ2) is 7.29. The predicted octanol–water partition coefficient (Wildman–Crippen LogP) is 1.30. The van der Waals surface area contributed by atoms with Crippen molar-refractivity contribution in [2.24, 2.45) is 17.3 Å². The fourth-order valence-electron chi connectivity index (χ4n) is 4.12. The zero-order chi connectivity index (χ0) is 20.7. The Bertz CT molecular complexity index is 772. The van der Waals surface area contributed by atoms with Crippen molar-refractivity contribution in [3.63, 3.8) is 0 Å². The van der Waals surface area contributed by atoms with E-state index in [1.54, 1.807) is 13.8 Å². The Morgan fingerprint density at radius 1 is 1.11 bits per heavy atom. The van der Waals surface area contributed by atoms with Crippen molar-refractivity contribution in [2.45, 2.75) is 63.9 Å². The molecule has 10 heteroatoms. The van der Waals surface area contributed by atoms with Crippen LogP contribution in [-0.4, -0.2) is 50.6 Å². The molecule has 2 aliphatic carbocycles. The molecule has 0 aromatic rings. The summed E-state index contributed by atoms with van der Waals surface area (Å²) in [5.41, 5.74) is -0.618. The van der Waals surface area contributed by atoms with Crippen LogP contribution in [0.4, 0.5) is 0 Å². The van der Waals surface area contributed by atoms with E-state index in [0.717, 1.165) is 0 Å². The van der Waals surface area contributed by atoms with Gasteiger partial charge in [-0.1, -0.05) is 6.92 Å². The van der Waals surface area contributed by atoms with Gasteiger partial charge < -0.3 is 14.2 Å². The number of carbonyl (C=O) groups is 3. The van der Waals surface area contributed by atoms with Gasteiger partial charge in [-0.3, -0.25) is 14.4 Å². The zero-order valence-corrected chi connectivity index (χ0v) is 17.1. The number of hydrogen-bond acceptors (Lipinski definition) is 9. The van der Waals surface area contributed by atoms with Gasteiger partial charge in [0.15, 0.2) is 0 Å². The van der Waals surface area contributed by atoms with Crippen LogP contribution in [0, 0.1) is 17.3 Å². The topological polar surface area (TPSA) is 122 Å². The summed E-state index contributed by atoms with van der Waals surface area (Å²) < 4.78 is 44.5. The third kappa shape index (κ3) is 3.89. The van der Waals surface area contributed by atoms with Gasteiger partial charge in [0, 0.05) is 12.3 Å². The molecule has 0 radical (unpaired) electrons. The monoisotopic (exact) mass is 418 g/mol. The first-order chi connectivity index (χ1) is 13.0. The minimum Gasteiger partial charge on any atom is -0.462 e. The highest BCUT2D eigenvalue weighted by Gasteiger charge is 2.70. The van der Waals surface area contributed by atoms with Gasteiger partial charge in [0.2, 0.25) is 5.79 Å². The van der Waals surface area contributed by atoms with Gasteiger partial charge in [-0.25, -0.2) is 4.18 Å². The molecule has 3 fully saturated rings. The highest BCUT2D eigenvalue weighted by atomic mass is 32.2. The van der Waals surface area contributed by atoms with Gasteiger partial charge in [-0.05, 0) is 39.0 Å². The molecule has 9 nitrogen and oxygen atoms in total. The van der Waals surface area contributed by atoms with E-state index in [4.69, 9.17) is 18.4 Å². The van der Waals surface area contributed by atoms with Gasteiger partial charge in [0.1, 0.15) is 19.6 Å². The summed E-state index contributed by atoms with van der Waals surface area (Å²) in [6.07, 6.45) is 1.45. The Morgan fingerprint density at radius 2 is 1.79 bits per heavy atom. The Morgan fingerprint density at radius 3 is 2.43 bits per heavy atom. The van der Waals surface area contributed by atoms with Crippen LogP contribution in [-0.2, 0) is 42.9 Å². The van der Waals surface area contributed by atoms with Crippen molar-refractivity contribution in [3.8, 4) is 0 Å². The molecule has 0 aromatic heterocycles. The number of ether oxygens (including phenoxy) is 3. The number of rotatable bonds is 8. The summed E-state index contributed by atoms with van der Waals surface area (Å²) in [7, 11) is -3.75. The maximum atomic E-state index is 12.1. The summed E-state index contributed by atoms with van der Waals surface area (Å²) in [5.74, 6) is -3.82. The Hall–Kier alpha value is -1.68. The van der Waals surface area contributed by atoms with E-state index in [-0.39, 0.29) is 25.0 Å². The van der Waals surface area contributed by atoms with Crippen molar-refractivity contribution in [1.29, 1.82) is 0 Å². The van der Waals surface area contributed by atoms with Crippen LogP contribution in [0.15, 0.2) is 0 Å². The molecule has 2 saturated carbocycles. The Labute approximate surface area is 164 Å². The number of esters is 3. The SMILES string of the molecule is CCC(C)(C)C(=O)OCCOC(=O)CC(=O)OC12CC3CC1C(C3)S(=O)(=O)O2. The first kappa shape index (κ1) is 21.0. The quantitative estimate of drug-likeness (QED) is 0.189. The van der Waals surface area contributed by atoms with E-state index in [1.165, 1.54) is 0 Å². The average Bonchev–Trinajstić information content (AvgIpc) is 3.18. The fraction of sp³-hybridized carbons (Fsp3) is 0.833. The van der Waals surface area contributed by atoms with Crippen LogP contribution in [0.2, 0.25) is 0 Å². The molecule has 1 aliphatic heterocycles. The lowest BCUT2D eigenvalue weighted by atomic mass is 9.91. The summed E-state index contributed by atoms with van der Waals surface area (Å²) in [6, 6.07) is 0. The summed E-state index contributed by atoms with van der Waals surface area (Å²) in [6.45, 7) is 5.08. The van der Waals surface area contributed by atoms with Crippen molar-refractivity contribution >= 4 is 28.0 Å². The summed E-state index contributed by atoms with van der Waals surface area (Å²) >= 11 is 0. The molecule has 3 aliphatic rings. The molecule has 4 unspecified atom stereocenters. The van der Waals surface area contributed by atoms with Crippen LogP contribution < -0.4 is 0 Å². The Kier molecular flexibility index (Phi) is 5.48. The largest absolute Gasteiger partial charge is 0.462 e. The predicted molar refractivity (Wildman–Crippen MR) is 94.1 cm³/mol. The standard InChI is InChI=1S/C18H26O9S/c1-4-17(2,3)16(21)25-6-5-24-14(19)9-15(20)26-18-10-11-7-12(18)13(8-11)28(22,23)27-18/h11-13H,4-10H2,1-3H3. The molecule has 1 heterocycles. The molecule has 158 valence electrons. The lowest BCUT2D eigenvalue weighted by Crippen LogP contribution is -2.40. The molecule has 3 rings (SSSR count). The minimum atomic E-state index is -3.75. The first-order valence-electron chi connectivity index (χ1n) is 9.48. The average molecular weight is 418 g/mol. The van der Waals surface area contributed by atoms with Crippen LogP contribution in [0.3, 0.4) is 0 Å². The highest BCUT2D eigenvalue weighted by molar-refractivity contribution is 7.87. The van der Waals surface area contributed by atoms with Gasteiger partial charge in [-0.2, -0.15) is 8.42 Å². The van der Waals surface area contributed by atoms with Crippen molar-refractivity contribution < 1.29 is 41.2 Å². The molecule has 0 amide bonds. The first-order valence-corrected chi connectivity index (χ1v) is 11.0. The maximum Gasteiger partial charge on any atom is 0.319 e. The number of carbonyl (C=O) groups excluding carboxylic acids is 3. The second-order valence-electron chi connectivity index (χ2n) is 8.32. The molecule has 28 heavy (non-hydrogen) atoms. The number of fused-ring (bicyclic) bond motifs is 1. The Balaban J connectivity index is 1.42. The van der Waals surface area contributed by atoms with Crippen molar-refractivity contribution in [2.75, 3.05) is 13.2 Å². The van der Waals surface area contributed by atoms with E-state index < -0.39 is 50.9 Å². The lowest BCUT2D eigenvalue weighted by molar-refractivity contribution is -0.205. The highest BCUT2D eigenvalue weighted by Crippen LogP contribution is 2.60. The second-order valence-corrected chi connectivity index (χ2v) is 10.1. The molecule has 1 saturated heterocycles. The summed E-state index contributed by atoms with van der Waals surface area (Å²) in [4.78, 5) is 35.7. The van der Waals surface area contributed by atoms with Gasteiger partial charge in [0.25, 0.3) is 10.1 Å². The van der Waals surface area contributed by atoms with Crippen LogP contribution in [0.5, 0.6) is 0 Å². The molecule has 2 bridgehead atoms. The third-order valence-electron chi connectivity index (χ3n) is 5.96. The van der Waals surface area contributed by atoms with Crippen LogP contribution in [0.25, 0.3) is 0 Å². The molecular formula is C18H26O9S. The van der Waals surface area contributed by atoms with E-state index in [9.17, 15) is 22.8 Å². The molecule has 0 N–H and O–H groups in total. The van der Waals surface area contributed by atoms with Gasteiger partial charge in [-0.15, -0.1) is 0 Å². The third-order valence-corrected chi connectivity index (χ3v) is 7.74. The fourth-order valence-corrected chi connectivity index (χ4v) is 6.09. The lowest BCUT2D eigenvalue weighted by Gasteiger charge is -2.28. The minimum absolute atomic E-state index is 0.111. The molecule has 4 atom stereocenters. The maximum absolute atomic E-state index is 12.1. The van der Waals surface area contributed by atoms with E-state index in [0.29, 0.717) is 25.7 Å². The number of hydrogen-bond donors (Lipinski definition) is 0. The van der Waals surface area contributed by atoms with Crippen molar-refractivity contribution in [1.82, 2.24) is 0 Å². The van der Waals surface area contributed by atoms with Gasteiger partial charge in [0.05, 0.1) is 10.7 Å². The van der Waals surface area contributed by atoms with Crippen molar-refractivity contribution in [3.05, 3.63) is 0 Å². The van der Waals surface area contributed by atoms with Gasteiger partial charge >= 0.3 is 17.9 Å². The van der Waals surface area contributed by atoms with E-state index in [2.05, 4.69) is 0 Å². The van der Waals surface area contributed by atoms with Crippen LogP contribution in [0.1, 0.15) is 52.9 Å². The molecule has 0 aromatic carbocycles. The molecular weight excluding hydrogens is 392 g/mol. The normalized spacial score (nSPS) is 32.2. The zero-order valence-electron chi connectivity index (χ0n) is 16.3. The van der Waals surface area contributed by atoms with Crippen LogP contribution >= 0.6 is 0 Å². The molecule has 0 spiro atoms.